The van der Waals surface area contributed by atoms with Crippen molar-refractivity contribution in [2.45, 2.75) is 71.4 Å². The summed E-state index contributed by atoms with van der Waals surface area (Å²) in [6, 6.07) is 15.6. The topological polar surface area (TPSA) is 58.6 Å². The number of nitrogens with one attached hydrogen (secondary N) is 1. The Kier molecular flexibility index (Phi) is 8.72. The molecule has 5 heteroatoms. The lowest BCUT2D eigenvalue weighted by atomic mass is 10.1. The molecule has 1 N–H and O–H groups in total. The number of hydrogen-bond acceptors (Lipinski definition) is 3. The number of carbonyl (C=O) groups is 2. The van der Waals surface area contributed by atoms with E-state index in [1.165, 1.54) is 5.56 Å². The minimum atomic E-state index is -0.491. The summed E-state index contributed by atoms with van der Waals surface area (Å²) >= 11 is 0. The van der Waals surface area contributed by atoms with Gasteiger partial charge in [-0.25, -0.2) is 0 Å². The number of nitrogens with zero attached hydrogens (tertiary/aromatic N) is 1. The van der Waals surface area contributed by atoms with Crippen LogP contribution in [-0.2, 0) is 16.0 Å². The molecule has 5 nitrogen and oxygen atoms in total. The van der Waals surface area contributed by atoms with Gasteiger partial charge in [-0.3, -0.25) is 9.59 Å². The summed E-state index contributed by atoms with van der Waals surface area (Å²) in [4.78, 5) is 28.1. The zero-order valence-electron chi connectivity index (χ0n) is 19.6. The molecule has 1 aliphatic rings. The first kappa shape index (κ1) is 23.8. The van der Waals surface area contributed by atoms with Crippen LogP contribution in [0.25, 0.3) is 0 Å². The Morgan fingerprint density at radius 1 is 1.06 bits per heavy atom. The van der Waals surface area contributed by atoms with Gasteiger partial charge >= 0.3 is 0 Å². The average molecular weight is 437 g/mol. The summed E-state index contributed by atoms with van der Waals surface area (Å²) in [7, 11) is 0. The van der Waals surface area contributed by atoms with E-state index in [0.29, 0.717) is 25.1 Å². The monoisotopic (exact) mass is 436 g/mol. The lowest BCUT2D eigenvalue weighted by Crippen LogP contribution is -2.52. The van der Waals surface area contributed by atoms with Crippen molar-refractivity contribution in [3.63, 3.8) is 0 Å². The maximum absolute atomic E-state index is 13.3. The quantitative estimate of drug-likeness (QED) is 0.593. The zero-order chi connectivity index (χ0) is 22.9. The van der Waals surface area contributed by atoms with Gasteiger partial charge in [0.1, 0.15) is 11.8 Å². The molecule has 0 heterocycles. The van der Waals surface area contributed by atoms with Crippen LogP contribution >= 0.6 is 0 Å². The van der Waals surface area contributed by atoms with E-state index in [-0.39, 0.29) is 24.5 Å². The fraction of sp³-hybridized carbons (Fsp3) is 0.481. The van der Waals surface area contributed by atoms with Crippen molar-refractivity contribution < 1.29 is 14.3 Å². The number of aryl methyl sites for hydroxylation is 2. The normalized spacial score (nSPS) is 14.7. The molecule has 32 heavy (non-hydrogen) atoms. The first-order valence-electron chi connectivity index (χ1n) is 11.8. The van der Waals surface area contributed by atoms with Gasteiger partial charge in [0.15, 0.2) is 6.61 Å². The van der Waals surface area contributed by atoms with Crippen molar-refractivity contribution in [3.05, 3.63) is 65.2 Å². The molecule has 2 aromatic rings. The number of benzene rings is 2. The van der Waals surface area contributed by atoms with Crippen LogP contribution in [0.3, 0.4) is 0 Å². The first-order chi connectivity index (χ1) is 15.5. The van der Waals surface area contributed by atoms with Crippen molar-refractivity contribution in [2.24, 2.45) is 0 Å². The molecule has 0 bridgehead atoms. The third kappa shape index (κ3) is 6.59. The summed E-state index contributed by atoms with van der Waals surface area (Å²) in [5.41, 5.74) is 3.45. The summed E-state index contributed by atoms with van der Waals surface area (Å²) in [5.74, 6) is 0.465. The molecule has 1 fully saturated rings. The van der Waals surface area contributed by atoms with Gasteiger partial charge in [-0.05, 0) is 68.4 Å². The SMILES string of the molecule is CCC(C(=O)NC1CCCC1)N(CCc1ccccc1)C(=O)COc1ccc(C)c(C)c1. The van der Waals surface area contributed by atoms with E-state index < -0.39 is 6.04 Å². The van der Waals surface area contributed by atoms with E-state index in [9.17, 15) is 9.59 Å². The van der Waals surface area contributed by atoms with Gasteiger partial charge in [0.05, 0.1) is 0 Å². The van der Waals surface area contributed by atoms with Crippen LogP contribution in [0.4, 0.5) is 0 Å². The predicted octanol–water partition coefficient (Wildman–Crippen LogP) is 4.59. The van der Waals surface area contributed by atoms with Crippen molar-refractivity contribution in [1.82, 2.24) is 10.2 Å². The molecule has 0 saturated heterocycles. The number of rotatable bonds is 10. The molecule has 1 unspecified atom stereocenters. The van der Waals surface area contributed by atoms with Gasteiger partial charge < -0.3 is 15.0 Å². The van der Waals surface area contributed by atoms with E-state index in [1.54, 1.807) is 4.90 Å². The second-order valence-corrected chi connectivity index (χ2v) is 8.77. The Morgan fingerprint density at radius 2 is 1.78 bits per heavy atom. The largest absolute Gasteiger partial charge is 0.484 e. The average Bonchev–Trinajstić information content (AvgIpc) is 3.30. The van der Waals surface area contributed by atoms with Gasteiger partial charge in [-0.15, -0.1) is 0 Å². The van der Waals surface area contributed by atoms with Crippen molar-refractivity contribution in [3.8, 4) is 5.75 Å². The minimum absolute atomic E-state index is 0.0491. The summed E-state index contributed by atoms with van der Waals surface area (Å²) < 4.78 is 5.82. The van der Waals surface area contributed by atoms with Crippen molar-refractivity contribution in [2.75, 3.05) is 13.2 Å². The molecule has 0 radical (unpaired) electrons. The smallest absolute Gasteiger partial charge is 0.261 e. The Balaban J connectivity index is 1.70. The van der Waals surface area contributed by atoms with E-state index in [4.69, 9.17) is 4.74 Å². The van der Waals surface area contributed by atoms with Gasteiger partial charge in [0, 0.05) is 12.6 Å². The van der Waals surface area contributed by atoms with E-state index in [2.05, 4.69) is 5.32 Å². The van der Waals surface area contributed by atoms with Crippen molar-refractivity contribution in [1.29, 1.82) is 0 Å². The van der Waals surface area contributed by atoms with Crippen LogP contribution in [0.15, 0.2) is 48.5 Å². The molecular weight excluding hydrogens is 400 g/mol. The standard InChI is InChI=1S/C27H36N2O3/c1-4-25(27(31)28-23-12-8-9-13-23)29(17-16-22-10-6-5-7-11-22)26(30)19-32-24-15-14-20(2)21(3)18-24/h5-7,10-11,14-15,18,23,25H,4,8-9,12-13,16-17,19H2,1-3H3,(H,28,31). The number of amides is 2. The highest BCUT2D eigenvalue weighted by atomic mass is 16.5. The molecule has 1 atom stereocenters. The van der Waals surface area contributed by atoms with Crippen LogP contribution in [0.5, 0.6) is 5.75 Å². The van der Waals surface area contributed by atoms with Gasteiger partial charge in [0.2, 0.25) is 5.91 Å². The molecule has 1 saturated carbocycles. The third-order valence-electron chi connectivity index (χ3n) is 6.41. The Bertz CT molecular complexity index is 891. The molecule has 2 aromatic carbocycles. The van der Waals surface area contributed by atoms with E-state index in [0.717, 1.165) is 36.8 Å². The Hall–Kier alpha value is -2.82. The Morgan fingerprint density at radius 3 is 2.44 bits per heavy atom. The van der Waals surface area contributed by atoms with Crippen LogP contribution < -0.4 is 10.1 Å². The van der Waals surface area contributed by atoms with Crippen molar-refractivity contribution >= 4 is 11.8 Å². The summed E-state index contributed by atoms with van der Waals surface area (Å²) in [5, 5.41) is 3.18. The number of carbonyl (C=O) groups excluding carboxylic acids is 2. The second kappa shape index (κ2) is 11.7. The molecule has 1 aliphatic carbocycles. The van der Waals surface area contributed by atoms with E-state index in [1.807, 2.05) is 69.3 Å². The second-order valence-electron chi connectivity index (χ2n) is 8.77. The molecule has 2 amide bonds. The first-order valence-corrected chi connectivity index (χ1v) is 11.8. The molecule has 0 spiro atoms. The molecule has 3 rings (SSSR count). The molecule has 172 valence electrons. The van der Waals surface area contributed by atoms with E-state index >= 15 is 0 Å². The summed E-state index contributed by atoms with van der Waals surface area (Å²) in [6.07, 6.45) is 5.63. The number of hydrogen-bond donors (Lipinski definition) is 1. The fourth-order valence-electron chi connectivity index (χ4n) is 4.30. The zero-order valence-corrected chi connectivity index (χ0v) is 19.6. The lowest BCUT2D eigenvalue weighted by Gasteiger charge is -2.31. The van der Waals surface area contributed by atoms with Crippen LogP contribution in [-0.4, -0.2) is 41.9 Å². The van der Waals surface area contributed by atoms with Gasteiger partial charge in [-0.1, -0.05) is 56.2 Å². The minimum Gasteiger partial charge on any atom is -0.484 e. The summed E-state index contributed by atoms with van der Waals surface area (Å²) in [6.45, 7) is 6.44. The third-order valence-corrected chi connectivity index (χ3v) is 6.41. The van der Waals surface area contributed by atoms with Gasteiger partial charge in [0.25, 0.3) is 5.91 Å². The predicted molar refractivity (Wildman–Crippen MR) is 128 cm³/mol. The fourth-order valence-corrected chi connectivity index (χ4v) is 4.30. The maximum Gasteiger partial charge on any atom is 0.261 e. The lowest BCUT2D eigenvalue weighted by molar-refractivity contribution is -0.142. The maximum atomic E-state index is 13.3. The van der Waals surface area contributed by atoms with Crippen LogP contribution in [0, 0.1) is 13.8 Å². The highest BCUT2D eigenvalue weighted by Crippen LogP contribution is 2.19. The van der Waals surface area contributed by atoms with Crippen LogP contribution in [0.1, 0.15) is 55.7 Å². The molecule has 0 aromatic heterocycles. The number of ether oxygens (including phenoxy) is 1. The Labute approximate surface area is 192 Å². The molecular formula is C27H36N2O3. The van der Waals surface area contributed by atoms with Gasteiger partial charge in [-0.2, -0.15) is 0 Å². The highest BCUT2D eigenvalue weighted by Gasteiger charge is 2.30. The highest BCUT2D eigenvalue weighted by molar-refractivity contribution is 5.88. The molecule has 0 aliphatic heterocycles. The van der Waals surface area contributed by atoms with Crippen LogP contribution in [0.2, 0.25) is 0 Å².